The lowest BCUT2D eigenvalue weighted by atomic mass is 9.97. The van der Waals surface area contributed by atoms with Gasteiger partial charge < -0.3 is 15.0 Å². The summed E-state index contributed by atoms with van der Waals surface area (Å²) in [5.74, 6) is 1.76. The Bertz CT molecular complexity index is 587. The molecular formula is C17H24N4O2. The van der Waals surface area contributed by atoms with E-state index in [1.54, 1.807) is 0 Å². The molecule has 23 heavy (non-hydrogen) atoms. The maximum atomic E-state index is 12.3. The summed E-state index contributed by atoms with van der Waals surface area (Å²) < 4.78 is 6.11. The summed E-state index contributed by atoms with van der Waals surface area (Å²) in [4.78, 5) is 14.3. The van der Waals surface area contributed by atoms with Crippen LogP contribution in [0.4, 0.5) is 5.82 Å². The molecule has 6 heteroatoms. The number of aromatic nitrogens is 2. The number of nitrogens with one attached hydrogen (secondary N) is 1. The highest BCUT2D eigenvalue weighted by molar-refractivity contribution is 5.77. The number of anilines is 1. The second-order valence-corrected chi connectivity index (χ2v) is 7.31. The van der Waals surface area contributed by atoms with Crippen molar-refractivity contribution in [3.63, 3.8) is 0 Å². The van der Waals surface area contributed by atoms with Crippen LogP contribution in [0, 0.1) is 12.8 Å². The predicted octanol–water partition coefficient (Wildman–Crippen LogP) is 1.76. The Morgan fingerprint density at radius 1 is 1.43 bits per heavy atom. The van der Waals surface area contributed by atoms with Crippen LogP contribution in [0.15, 0.2) is 12.1 Å². The van der Waals surface area contributed by atoms with Crippen LogP contribution in [0.1, 0.15) is 37.8 Å². The number of nitrogens with zero attached hydrogens (tertiary/aromatic N) is 3. The lowest BCUT2D eigenvalue weighted by Crippen LogP contribution is -2.36. The highest BCUT2D eigenvalue weighted by Gasteiger charge is 2.47. The minimum Gasteiger partial charge on any atom is -0.371 e. The van der Waals surface area contributed by atoms with E-state index in [1.807, 2.05) is 24.0 Å². The molecule has 0 aromatic carbocycles. The van der Waals surface area contributed by atoms with E-state index < -0.39 is 0 Å². The zero-order chi connectivity index (χ0) is 15.9. The van der Waals surface area contributed by atoms with Crippen LogP contribution in [-0.4, -0.2) is 52.3 Å². The second kappa shape index (κ2) is 5.74. The van der Waals surface area contributed by atoms with Gasteiger partial charge in [-0.2, -0.15) is 5.10 Å². The molecule has 0 radical (unpaired) electrons. The first-order valence-electron chi connectivity index (χ1n) is 8.61. The van der Waals surface area contributed by atoms with E-state index in [0.717, 1.165) is 43.9 Å². The Hall–Kier alpha value is -1.69. The molecule has 1 spiro atoms. The Kier molecular flexibility index (Phi) is 3.71. The van der Waals surface area contributed by atoms with E-state index in [4.69, 9.17) is 4.74 Å². The van der Waals surface area contributed by atoms with Crippen LogP contribution in [-0.2, 0) is 9.53 Å². The molecule has 124 valence electrons. The first-order chi connectivity index (χ1) is 11.1. The average Bonchev–Trinajstić information content (AvgIpc) is 3.12. The first-order valence-corrected chi connectivity index (χ1v) is 8.61. The van der Waals surface area contributed by atoms with Crippen molar-refractivity contribution in [3.05, 3.63) is 17.8 Å². The van der Waals surface area contributed by atoms with Crippen molar-refractivity contribution in [3.8, 4) is 0 Å². The van der Waals surface area contributed by atoms with Crippen molar-refractivity contribution in [2.45, 2.75) is 50.7 Å². The minimum absolute atomic E-state index is 0.158. The Balaban J connectivity index is 1.32. The second-order valence-electron chi connectivity index (χ2n) is 7.31. The zero-order valence-electron chi connectivity index (χ0n) is 13.6. The molecule has 0 unspecified atom stereocenters. The fraction of sp³-hybridized carbons (Fsp3) is 0.706. The third-order valence-corrected chi connectivity index (χ3v) is 5.19. The maximum absolute atomic E-state index is 12.3. The van der Waals surface area contributed by atoms with Gasteiger partial charge in [-0.25, -0.2) is 0 Å². The molecule has 2 saturated heterocycles. The number of carbonyl (C=O) groups excluding carboxylic acids is 1. The van der Waals surface area contributed by atoms with Gasteiger partial charge in [-0.1, -0.05) is 0 Å². The van der Waals surface area contributed by atoms with E-state index in [1.165, 1.54) is 12.8 Å². The number of aryl methyl sites for hydroxylation is 1. The number of rotatable bonds is 4. The van der Waals surface area contributed by atoms with Gasteiger partial charge in [-0.3, -0.25) is 4.79 Å². The number of hydrogen-bond donors (Lipinski definition) is 1. The van der Waals surface area contributed by atoms with Crippen molar-refractivity contribution >= 4 is 11.7 Å². The maximum Gasteiger partial charge on any atom is 0.222 e. The van der Waals surface area contributed by atoms with E-state index in [2.05, 4.69) is 15.5 Å². The van der Waals surface area contributed by atoms with Crippen molar-refractivity contribution in [2.75, 3.05) is 25.0 Å². The zero-order valence-corrected chi connectivity index (χ0v) is 13.6. The summed E-state index contributed by atoms with van der Waals surface area (Å²) in [5, 5.41) is 11.6. The number of carbonyl (C=O) groups is 1. The van der Waals surface area contributed by atoms with Gasteiger partial charge in [0.2, 0.25) is 5.91 Å². The van der Waals surface area contributed by atoms with Crippen molar-refractivity contribution in [2.24, 2.45) is 5.92 Å². The van der Waals surface area contributed by atoms with E-state index >= 15 is 0 Å². The number of likely N-dealkylation sites (tertiary alicyclic amines) is 1. The molecule has 6 nitrogen and oxygen atoms in total. The smallest absolute Gasteiger partial charge is 0.222 e. The van der Waals surface area contributed by atoms with E-state index in [-0.39, 0.29) is 11.6 Å². The molecule has 1 N–H and O–H groups in total. The molecule has 1 amide bonds. The number of amides is 1. The summed E-state index contributed by atoms with van der Waals surface area (Å²) >= 11 is 0. The largest absolute Gasteiger partial charge is 0.371 e. The Morgan fingerprint density at radius 2 is 2.30 bits per heavy atom. The molecule has 0 bridgehead atoms. The van der Waals surface area contributed by atoms with Gasteiger partial charge >= 0.3 is 0 Å². The fourth-order valence-electron chi connectivity index (χ4n) is 3.66. The van der Waals surface area contributed by atoms with Crippen LogP contribution in [0.3, 0.4) is 0 Å². The summed E-state index contributed by atoms with van der Waals surface area (Å²) in [6.45, 7) is 4.18. The topological polar surface area (TPSA) is 67.3 Å². The van der Waals surface area contributed by atoms with Crippen LogP contribution in [0.2, 0.25) is 0 Å². The predicted molar refractivity (Wildman–Crippen MR) is 86.0 cm³/mol. The number of ether oxygens (including phenoxy) is 1. The average molecular weight is 316 g/mol. The molecule has 1 aromatic heterocycles. The van der Waals surface area contributed by atoms with Gasteiger partial charge in [-0.15, -0.1) is 5.10 Å². The molecule has 3 fully saturated rings. The first kappa shape index (κ1) is 14.9. The van der Waals surface area contributed by atoms with Crippen LogP contribution in [0.25, 0.3) is 0 Å². The van der Waals surface area contributed by atoms with Gasteiger partial charge in [0.05, 0.1) is 23.9 Å². The highest BCUT2D eigenvalue weighted by Crippen LogP contribution is 2.38. The third-order valence-electron chi connectivity index (χ3n) is 5.19. The molecular weight excluding hydrogens is 292 g/mol. The lowest BCUT2D eigenvalue weighted by Gasteiger charge is -2.23. The Morgan fingerprint density at radius 3 is 3.04 bits per heavy atom. The fourth-order valence-corrected chi connectivity index (χ4v) is 3.66. The minimum atomic E-state index is -0.158. The van der Waals surface area contributed by atoms with Gasteiger partial charge in [0, 0.05) is 25.9 Å². The van der Waals surface area contributed by atoms with Crippen LogP contribution < -0.4 is 5.32 Å². The van der Waals surface area contributed by atoms with Crippen LogP contribution >= 0.6 is 0 Å². The molecule has 1 saturated carbocycles. The normalized spacial score (nSPS) is 30.1. The highest BCUT2D eigenvalue weighted by atomic mass is 16.5. The van der Waals surface area contributed by atoms with Gasteiger partial charge in [0.25, 0.3) is 0 Å². The SMILES string of the molecule is Cc1ccc(N[C@H]2CO[C@]3(CCN(C(=O)CC4CC4)C3)C2)nn1. The number of hydrogen-bond acceptors (Lipinski definition) is 5. The Labute approximate surface area is 136 Å². The lowest BCUT2D eigenvalue weighted by molar-refractivity contribution is -0.131. The molecule has 1 aliphatic carbocycles. The molecule has 3 aliphatic rings. The van der Waals surface area contributed by atoms with Crippen molar-refractivity contribution < 1.29 is 9.53 Å². The van der Waals surface area contributed by atoms with Crippen LogP contribution in [0.5, 0.6) is 0 Å². The van der Waals surface area contributed by atoms with Gasteiger partial charge in [0.1, 0.15) is 5.82 Å². The molecule has 1 aromatic rings. The van der Waals surface area contributed by atoms with E-state index in [9.17, 15) is 4.79 Å². The standard InChI is InChI=1S/C17H24N4O2/c1-12-2-5-15(20-19-12)18-14-9-17(23-10-14)6-7-21(11-17)16(22)8-13-3-4-13/h2,5,13-14H,3-4,6-11H2,1H3,(H,18,20)/t14-,17-/m1/s1. The monoisotopic (exact) mass is 316 g/mol. The van der Waals surface area contributed by atoms with Crippen molar-refractivity contribution in [1.82, 2.24) is 15.1 Å². The quantitative estimate of drug-likeness (QED) is 0.917. The summed E-state index contributed by atoms with van der Waals surface area (Å²) in [5.41, 5.74) is 0.755. The third kappa shape index (κ3) is 3.32. The van der Waals surface area contributed by atoms with E-state index in [0.29, 0.717) is 18.4 Å². The van der Waals surface area contributed by atoms with Gasteiger partial charge in [0.15, 0.2) is 0 Å². The molecule has 2 aliphatic heterocycles. The summed E-state index contributed by atoms with van der Waals surface area (Å²) in [6.07, 6.45) is 5.06. The summed E-state index contributed by atoms with van der Waals surface area (Å²) in [6, 6.07) is 4.15. The molecule has 2 atom stereocenters. The van der Waals surface area contributed by atoms with Gasteiger partial charge in [-0.05, 0) is 44.2 Å². The molecule has 4 rings (SSSR count). The summed E-state index contributed by atoms with van der Waals surface area (Å²) in [7, 11) is 0. The molecule has 3 heterocycles. The van der Waals surface area contributed by atoms with Crippen molar-refractivity contribution in [1.29, 1.82) is 0 Å².